The third-order valence-corrected chi connectivity index (χ3v) is 6.00. The van der Waals surface area contributed by atoms with Gasteiger partial charge in [-0.1, -0.05) is 11.3 Å². The van der Waals surface area contributed by atoms with E-state index in [-0.39, 0.29) is 11.9 Å². The summed E-state index contributed by atoms with van der Waals surface area (Å²) >= 11 is 1.67. The third-order valence-electron chi connectivity index (χ3n) is 5.31. The number of carbonyl (C=O) groups excluding carboxylic acids is 1. The Hall–Kier alpha value is -2.97. The number of hydrogen-bond donors (Lipinski definition) is 0. The molecule has 1 amide bonds. The summed E-state index contributed by atoms with van der Waals surface area (Å²) in [5.41, 5.74) is 4.73. The van der Waals surface area contributed by atoms with Gasteiger partial charge < -0.3 is 9.32 Å². The fraction of sp³-hybridized carbons (Fsp3) is 0.250. The summed E-state index contributed by atoms with van der Waals surface area (Å²) < 4.78 is 6.89. The standard InChI is InChI=1S/C20H19N5O2S/c1-23-6-7-24(20(26)15-4-8-27-12-15)11-18(23)19-17-3-2-14(10-25(17)22-21-19)16-5-9-28-13-16/h2-5,8-10,12-13,18H,6-7,11H2,1H3. The lowest BCUT2D eigenvalue weighted by molar-refractivity contribution is 0.0541. The predicted molar refractivity (Wildman–Crippen MR) is 106 cm³/mol. The van der Waals surface area contributed by atoms with E-state index in [4.69, 9.17) is 4.42 Å². The van der Waals surface area contributed by atoms with Gasteiger partial charge in [0.15, 0.2) is 0 Å². The summed E-state index contributed by atoms with van der Waals surface area (Å²) in [5, 5.41) is 13.0. The van der Waals surface area contributed by atoms with Crippen LogP contribution in [0.15, 0.2) is 58.2 Å². The van der Waals surface area contributed by atoms with Crippen LogP contribution in [0.25, 0.3) is 16.6 Å². The number of piperazine rings is 1. The van der Waals surface area contributed by atoms with Gasteiger partial charge in [0.2, 0.25) is 0 Å². The van der Waals surface area contributed by atoms with Crippen LogP contribution in [0.2, 0.25) is 0 Å². The topological polar surface area (TPSA) is 66.9 Å². The van der Waals surface area contributed by atoms with Crippen LogP contribution in [0.5, 0.6) is 0 Å². The molecule has 1 aliphatic heterocycles. The maximum atomic E-state index is 12.7. The molecule has 0 bridgehead atoms. The minimum atomic E-state index is -0.0110. The highest BCUT2D eigenvalue weighted by atomic mass is 32.1. The van der Waals surface area contributed by atoms with Crippen molar-refractivity contribution >= 4 is 22.8 Å². The maximum absolute atomic E-state index is 12.7. The van der Waals surface area contributed by atoms with Crippen LogP contribution in [0.1, 0.15) is 22.1 Å². The zero-order chi connectivity index (χ0) is 19.1. The molecule has 0 spiro atoms. The van der Waals surface area contributed by atoms with E-state index in [1.807, 2.05) is 15.6 Å². The molecule has 4 aromatic rings. The highest BCUT2D eigenvalue weighted by molar-refractivity contribution is 7.08. The quantitative estimate of drug-likeness (QED) is 0.535. The molecule has 1 unspecified atom stereocenters. The molecule has 0 radical (unpaired) electrons. The Morgan fingerprint density at radius 1 is 1.21 bits per heavy atom. The maximum Gasteiger partial charge on any atom is 0.257 e. The second kappa shape index (κ2) is 6.88. The van der Waals surface area contributed by atoms with E-state index in [2.05, 4.69) is 51.2 Å². The Morgan fingerprint density at radius 3 is 2.93 bits per heavy atom. The first-order valence-corrected chi connectivity index (χ1v) is 10.0. The molecule has 8 heteroatoms. The number of amides is 1. The minimum absolute atomic E-state index is 0.00546. The van der Waals surface area contributed by atoms with Crippen molar-refractivity contribution in [3.63, 3.8) is 0 Å². The van der Waals surface area contributed by atoms with Gasteiger partial charge in [-0.3, -0.25) is 9.69 Å². The number of thiophene rings is 1. The molecular formula is C20H19N5O2S. The van der Waals surface area contributed by atoms with Crippen LogP contribution < -0.4 is 0 Å². The Bertz CT molecular complexity index is 1100. The molecule has 0 N–H and O–H groups in total. The van der Waals surface area contributed by atoms with E-state index in [9.17, 15) is 4.79 Å². The number of likely N-dealkylation sites (N-methyl/N-ethyl adjacent to an activating group) is 1. The van der Waals surface area contributed by atoms with Gasteiger partial charge in [0.05, 0.1) is 23.4 Å². The Morgan fingerprint density at radius 2 is 2.14 bits per heavy atom. The van der Waals surface area contributed by atoms with Crippen LogP contribution in [0, 0.1) is 0 Å². The first-order chi connectivity index (χ1) is 13.7. The number of fused-ring (bicyclic) bond motifs is 1. The number of rotatable bonds is 3. The average Bonchev–Trinajstić information content (AvgIpc) is 3.48. The van der Waals surface area contributed by atoms with Crippen LogP contribution in [-0.4, -0.2) is 57.2 Å². The summed E-state index contributed by atoms with van der Waals surface area (Å²) in [4.78, 5) is 16.8. The molecule has 5 rings (SSSR count). The lowest BCUT2D eigenvalue weighted by Crippen LogP contribution is -2.49. The van der Waals surface area contributed by atoms with Gasteiger partial charge >= 0.3 is 0 Å². The van der Waals surface area contributed by atoms with Gasteiger partial charge in [-0.05, 0) is 41.6 Å². The molecular weight excluding hydrogens is 374 g/mol. The van der Waals surface area contributed by atoms with Crippen molar-refractivity contribution in [1.29, 1.82) is 0 Å². The lowest BCUT2D eigenvalue weighted by Gasteiger charge is -2.38. The molecule has 142 valence electrons. The molecule has 0 saturated carbocycles. The summed E-state index contributed by atoms with van der Waals surface area (Å²) in [5.74, 6) is -0.0110. The fourth-order valence-electron chi connectivity index (χ4n) is 3.67. The van der Waals surface area contributed by atoms with Gasteiger partial charge in [-0.2, -0.15) is 11.3 Å². The number of furan rings is 1. The molecule has 0 aromatic carbocycles. The number of nitrogens with zero attached hydrogens (tertiary/aromatic N) is 5. The molecule has 1 atom stereocenters. The molecule has 0 aliphatic carbocycles. The van der Waals surface area contributed by atoms with E-state index in [0.29, 0.717) is 18.7 Å². The largest absolute Gasteiger partial charge is 0.472 e. The van der Waals surface area contributed by atoms with Crippen molar-refractivity contribution in [2.45, 2.75) is 6.04 Å². The number of carbonyl (C=O) groups is 1. The zero-order valence-electron chi connectivity index (χ0n) is 15.4. The summed E-state index contributed by atoms with van der Waals surface area (Å²) in [6, 6.07) is 7.95. The fourth-order valence-corrected chi connectivity index (χ4v) is 4.34. The highest BCUT2D eigenvalue weighted by Gasteiger charge is 2.32. The van der Waals surface area contributed by atoms with Gasteiger partial charge in [-0.15, -0.1) is 5.10 Å². The van der Waals surface area contributed by atoms with Crippen molar-refractivity contribution in [3.8, 4) is 11.1 Å². The SMILES string of the molecule is CN1CCN(C(=O)c2ccoc2)CC1c1nnn2cc(-c3ccsc3)ccc12. The minimum Gasteiger partial charge on any atom is -0.472 e. The number of aromatic nitrogens is 3. The van der Waals surface area contributed by atoms with Crippen LogP contribution in [0.4, 0.5) is 0 Å². The molecule has 4 aromatic heterocycles. The molecule has 1 aliphatic rings. The van der Waals surface area contributed by atoms with Crippen molar-refractivity contribution in [2.75, 3.05) is 26.7 Å². The second-order valence-corrected chi connectivity index (χ2v) is 7.77. The van der Waals surface area contributed by atoms with Crippen molar-refractivity contribution in [1.82, 2.24) is 24.6 Å². The van der Waals surface area contributed by atoms with Gasteiger partial charge in [0, 0.05) is 31.4 Å². The van der Waals surface area contributed by atoms with Crippen LogP contribution >= 0.6 is 11.3 Å². The molecule has 5 heterocycles. The van der Waals surface area contributed by atoms with E-state index in [1.165, 1.54) is 18.1 Å². The predicted octanol–water partition coefficient (Wildman–Crippen LogP) is 3.18. The second-order valence-electron chi connectivity index (χ2n) is 6.99. The van der Waals surface area contributed by atoms with E-state index < -0.39 is 0 Å². The number of pyridine rings is 1. The third kappa shape index (κ3) is 2.90. The number of hydrogen-bond acceptors (Lipinski definition) is 6. The first kappa shape index (κ1) is 17.2. The molecule has 7 nitrogen and oxygen atoms in total. The molecule has 28 heavy (non-hydrogen) atoms. The normalized spacial score (nSPS) is 18.0. The van der Waals surface area contributed by atoms with Crippen LogP contribution in [0.3, 0.4) is 0 Å². The first-order valence-electron chi connectivity index (χ1n) is 9.10. The van der Waals surface area contributed by atoms with E-state index >= 15 is 0 Å². The molecule has 1 saturated heterocycles. The monoisotopic (exact) mass is 393 g/mol. The summed E-state index contributed by atoms with van der Waals surface area (Å²) in [6.45, 7) is 2.03. The Kier molecular flexibility index (Phi) is 4.22. The lowest BCUT2D eigenvalue weighted by atomic mass is 10.1. The Balaban J connectivity index is 1.45. The average molecular weight is 393 g/mol. The Labute approximate surface area is 165 Å². The zero-order valence-corrected chi connectivity index (χ0v) is 16.2. The smallest absolute Gasteiger partial charge is 0.257 e. The van der Waals surface area contributed by atoms with Gasteiger partial charge in [0.25, 0.3) is 5.91 Å². The van der Waals surface area contributed by atoms with Gasteiger partial charge in [0.1, 0.15) is 12.0 Å². The summed E-state index contributed by atoms with van der Waals surface area (Å²) in [6.07, 6.45) is 5.03. The highest BCUT2D eigenvalue weighted by Crippen LogP contribution is 2.29. The van der Waals surface area contributed by atoms with Crippen LogP contribution in [-0.2, 0) is 0 Å². The van der Waals surface area contributed by atoms with E-state index in [1.54, 1.807) is 17.4 Å². The van der Waals surface area contributed by atoms with Gasteiger partial charge in [-0.25, -0.2) is 4.52 Å². The molecule has 1 fully saturated rings. The van der Waals surface area contributed by atoms with E-state index in [0.717, 1.165) is 23.3 Å². The van der Waals surface area contributed by atoms with Crippen molar-refractivity contribution in [2.24, 2.45) is 0 Å². The van der Waals surface area contributed by atoms with Crippen molar-refractivity contribution < 1.29 is 9.21 Å². The van der Waals surface area contributed by atoms with Crippen molar-refractivity contribution in [3.05, 3.63) is 65.0 Å². The summed E-state index contributed by atoms with van der Waals surface area (Å²) in [7, 11) is 2.06.